The molecule has 0 aliphatic heterocycles. The normalized spacial score (nSPS) is 13.7. The summed E-state index contributed by atoms with van der Waals surface area (Å²) in [5.41, 5.74) is 0. The molecule has 6 heteroatoms. The topological polar surface area (TPSA) is 95.9 Å². The molecule has 0 aromatic heterocycles. The number of carbonyl (C=O) groups excluding carboxylic acids is 2. The van der Waals surface area contributed by atoms with Gasteiger partial charge in [0.05, 0.1) is 25.2 Å². The molecule has 0 rings (SSSR count). The number of hydrogen-bond acceptors (Lipinski definition) is 5. The Balaban J connectivity index is 4.65. The third kappa shape index (κ3) is 49.7. The number of allylic oxidation sites excluding steroid dienone is 11. The molecule has 3 atom stereocenters. The van der Waals surface area contributed by atoms with Gasteiger partial charge in [-0.3, -0.25) is 9.59 Å². The average Bonchev–Trinajstić information content (AvgIpc) is 3.33. The highest BCUT2D eigenvalue weighted by atomic mass is 16.5. The Labute approximate surface area is 421 Å². The fourth-order valence-electron chi connectivity index (χ4n) is 8.63. The van der Waals surface area contributed by atoms with E-state index in [2.05, 4.69) is 92.9 Å². The lowest BCUT2D eigenvalue weighted by Crippen LogP contribution is -2.46. The second-order valence-corrected chi connectivity index (χ2v) is 19.7. The summed E-state index contributed by atoms with van der Waals surface area (Å²) in [6.07, 6.45) is 71.3. The number of hydrogen-bond donors (Lipinski definition) is 3. The van der Waals surface area contributed by atoms with E-state index >= 15 is 0 Å². The van der Waals surface area contributed by atoms with Gasteiger partial charge in [-0.15, -0.1) is 0 Å². The van der Waals surface area contributed by atoms with E-state index in [4.69, 9.17) is 4.74 Å². The van der Waals surface area contributed by atoms with Gasteiger partial charge in [0.1, 0.15) is 6.10 Å². The molecule has 0 heterocycles. The minimum atomic E-state index is -0.817. The van der Waals surface area contributed by atoms with Crippen LogP contribution in [0, 0.1) is 0 Å². The van der Waals surface area contributed by atoms with Crippen LogP contribution < -0.4 is 5.32 Å². The monoisotopic (exact) mass is 950 g/mol. The first-order chi connectivity index (χ1) is 33.5. The zero-order chi connectivity index (χ0) is 49.5. The van der Waals surface area contributed by atoms with Crippen LogP contribution >= 0.6 is 0 Å². The highest BCUT2D eigenvalue weighted by Gasteiger charge is 2.23. The molecular formula is C62H111NO5. The maximum atomic E-state index is 13.2. The predicted molar refractivity (Wildman–Crippen MR) is 296 cm³/mol. The zero-order valence-electron chi connectivity index (χ0n) is 45.0. The SMILES string of the molecule is CC/C=C\C/C=C\C/C=C\C/C=C\C/C=C\CC(CC(=O)NC(CO)C(O)CCCCCCCCCCCCCCCCCC)OC(=O)CCCCCCC/C=C/CCCCCCCCCCC. The number of esters is 1. The summed E-state index contributed by atoms with van der Waals surface area (Å²) in [5.74, 6) is -0.584. The van der Waals surface area contributed by atoms with Crippen LogP contribution in [-0.2, 0) is 14.3 Å². The van der Waals surface area contributed by atoms with Crippen LogP contribution in [0.25, 0.3) is 0 Å². The van der Waals surface area contributed by atoms with Crippen LogP contribution in [0.15, 0.2) is 72.9 Å². The van der Waals surface area contributed by atoms with Crippen molar-refractivity contribution in [1.82, 2.24) is 5.32 Å². The molecule has 6 nitrogen and oxygen atoms in total. The Morgan fingerprint density at radius 3 is 1.24 bits per heavy atom. The third-order valence-corrected chi connectivity index (χ3v) is 13.0. The van der Waals surface area contributed by atoms with Crippen LogP contribution in [0.2, 0.25) is 0 Å². The molecule has 0 saturated carbocycles. The molecule has 0 radical (unpaired) electrons. The summed E-state index contributed by atoms with van der Waals surface area (Å²) in [6.45, 7) is 6.37. The summed E-state index contributed by atoms with van der Waals surface area (Å²) in [6, 6.07) is -0.737. The number of nitrogens with one attached hydrogen (secondary N) is 1. The summed E-state index contributed by atoms with van der Waals surface area (Å²) in [4.78, 5) is 26.2. The van der Waals surface area contributed by atoms with Gasteiger partial charge in [0.2, 0.25) is 5.91 Å². The van der Waals surface area contributed by atoms with Gasteiger partial charge in [-0.2, -0.15) is 0 Å². The molecule has 0 bridgehead atoms. The van der Waals surface area contributed by atoms with E-state index in [1.165, 1.54) is 161 Å². The van der Waals surface area contributed by atoms with Crippen LogP contribution in [0.4, 0.5) is 0 Å². The molecule has 0 fully saturated rings. The first kappa shape index (κ1) is 65.3. The summed E-state index contributed by atoms with van der Waals surface area (Å²) < 4.78 is 5.89. The summed E-state index contributed by atoms with van der Waals surface area (Å²) in [7, 11) is 0. The maximum Gasteiger partial charge on any atom is 0.306 e. The number of unbranched alkanes of at least 4 members (excludes halogenated alkanes) is 29. The minimum Gasteiger partial charge on any atom is -0.461 e. The van der Waals surface area contributed by atoms with Crippen molar-refractivity contribution in [2.45, 2.75) is 302 Å². The van der Waals surface area contributed by atoms with Gasteiger partial charge >= 0.3 is 5.97 Å². The zero-order valence-corrected chi connectivity index (χ0v) is 45.0. The van der Waals surface area contributed by atoms with Crippen molar-refractivity contribution in [3.05, 3.63) is 72.9 Å². The first-order valence-electron chi connectivity index (χ1n) is 29.2. The van der Waals surface area contributed by atoms with E-state index in [1.807, 2.05) is 6.08 Å². The Morgan fingerprint density at radius 1 is 0.456 bits per heavy atom. The number of carbonyl (C=O) groups is 2. The molecule has 0 spiro atoms. The average molecular weight is 951 g/mol. The van der Waals surface area contributed by atoms with Crippen molar-refractivity contribution >= 4 is 11.9 Å². The molecule has 0 saturated heterocycles. The molecule has 394 valence electrons. The van der Waals surface area contributed by atoms with E-state index in [1.54, 1.807) is 0 Å². The van der Waals surface area contributed by atoms with Gasteiger partial charge in [-0.05, 0) is 70.6 Å². The number of ether oxygens (including phenoxy) is 1. The Hall–Kier alpha value is -2.70. The van der Waals surface area contributed by atoms with Gasteiger partial charge in [-0.25, -0.2) is 0 Å². The lowest BCUT2D eigenvalue weighted by Gasteiger charge is -2.24. The second kappa shape index (κ2) is 55.2. The number of amides is 1. The van der Waals surface area contributed by atoms with E-state index in [0.29, 0.717) is 19.3 Å². The van der Waals surface area contributed by atoms with Crippen LogP contribution in [0.1, 0.15) is 284 Å². The van der Waals surface area contributed by atoms with Gasteiger partial charge in [0.25, 0.3) is 0 Å². The van der Waals surface area contributed by atoms with Crippen LogP contribution in [0.5, 0.6) is 0 Å². The molecule has 3 N–H and O–H groups in total. The number of aliphatic hydroxyl groups is 2. The van der Waals surface area contributed by atoms with E-state index in [0.717, 1.165) is 77.0 Å². The number of rotatable bonds is 52. The van der Waals surface area contributed by atoms with Crippen molar-refractivity contribution in [2.75, 3.05) is 6.61 Å². The molecular weight excluding hydrogens is 839 g/mol. The Bertz CT molecular complexity index is 1250. The second-order valence-electron chi connectivity index (χ2n) is 19.7. The quantitative estimate of drug-likeness (QED) is 0.0321. The summed E-state index contributed by atoms with van der Waals surface area (Å²) >= 11 is 0. The molecule has 0 aromatic carbocycles. The molecule has 0 aromatic rings. The van der Waals surface area contributed by atoms with Gasteiger partial charge in [0, 0.05) is 12.8 Å². The van der Waals surface area contributed by atoms with Crippen LogP contribution in [-0.4, -0.2) is 46.9 Å². The minimum absolute atomic E-state index is 0.00500. The van der Waals surface area contributed by atoms with Crippen molar-refractivity contribution in [2.24, 2.45) is 0 Å². The van der Waals surface area contributed by atoms with E-state index in [9.17, 15) is 19.8 Å². The van der Waals surface area contributed by atoms with Gasteiger partial charge in [0.15, 0.2) is 0 Å². The maximum absolute atomic E-state index is 13.2. The smallest absolute Gasteiger partial charge is 0.306 e. The Morgan fingerprint density at radius 2 is 0.824 bits per heavy atom. The lowest BCUT2D eigenvalue weighted by molar-refractivity contribution is -0.150. The lowest BCUT2D eigenvalue weighted by atomic mass is 10.0. The molecule has 0 aliphatic rings. The highest BCUT2D eigenvalue weighted by molar-refractivity contribution is 5.77. The molecule has 1 amide bonds. The van der Waals surface area contributed by atoms with Crippen molar-refractivity contribution < 1.29 is 24.5 Å². The highest BCUT2D eigenvalue weighted by Crippen LogP contribution is 2.17. The summed E-state index contributed by atoms with van der Waals surface area (Å²) in [5, 5.41) is 23.8. The Kier molecular flexibility index (Phi) is 53.0. The first-order valence-corrected chi connectivity index (χ1v) is 29.2. The third-order valence-electron chi connectivity index (χ3n) is 13.0. The van der Waals surface area contributed by atoms with Crippen molar-refractivity contribution in [3.8, 4) is 0 Å². The van der Waals surface area contributed by atoms with Gasteiger partial charge < -0.3 is 20.3 Å². The van der Waals surface area contributed by atoms with Crippen LogP contribution in [0.3, 0.4) is 0 Å². The van der Waals surface area contributed by atoms with E-state index < -0.39 is 18.2 Å². The standard InChI is InChI=1S/C62H111NO5/c1-4-7-10-13-16-19-22-25-28-30-31-34-37-40-43-46-49-52-55-62(67)68-58(53-50-47-44-41-38-35-32-27-24-21-18-15-12-9-6-3)56-61(66)63-59(57-64)60(65)54-51-48-45-42-39-36-33-29-26-23-20-17-14-11-8-5-2/h9,12,18,21,27,31-32,34,38,41,47,50,58-60,64-65H,4-8,10-11,13-17,19-20,22-26,28-30,33,35-37,39-40,42-46,48-49,51-57H2,1-3H3,(H,63,66)/b12-9-,21-18-,32-27-,34-31+,41-38-,50-47-. The van der Waals surface area contributed by atoms with Crippen molar-refractivity contribution in [1.29, 1.82) is 0 Å². The van der Waals surface area contributed by atoms with Crippen molar-refractivity contribution in [3.63, 3.8) is 0 Å². The molecule has 3 unspecified atom stereocenters. The predicted octanol–water partition coefficient (Wildman–Crippen LogP) is 18.1. The fourth-order valence-corrected chi connectivity index (χ4v) is 8.63. The van der Waals surface area contributed by atoms with E-state index in [-0.39, 0.29) is 24.9 Å². The molecule has 0 aliphatic carbocycles. The molecule has 68 heavy (non-hydrogen) atoms. The van der Waals surface area contributed by atoms with Gasteiger partial charge in [-0.1, -0.05) is 267 Å². The number of aliphatic hydroxyl groups excluding tert-OH is 2. The fraction of sp³-hybridized carbons (Fsp3) is 0.774. The largest absolute Gasteiger partial charge is 0.461 e.